The second-order valence-corrected chi connectivity index (χ2v) is 7.73. The summed E-state index contributed by atoms with van der Waals surface area (Å²) in [6.45, 7) is 2.02. The van der Waals surface area contributed by atoms with Gasteiger partial charge in [-0.25, -0.2) is 12.8 Å². The van der Waals surface area contributed by atoms with Gasteiger partial charge >= 0.3 is 0 Å². The standard InChI is InChI=1S/C12H11BrClFN2O3S/c1-7-3-8(17(2)16-7)6-20-11-5-10(15)12(4-9(11)13)21(14,18)19/h3-5H,6H2,1-2H3. The fraction of sp³-hybridized carbons (Fsp3) is 0.250. The van der Waals surface area contributed by atoms with Gasteiger partial charge in [-0.3, -0.25) is 4.68 Å². The molecule has 0 fully saturated rings. The van der Waals surface area contributed by atoms with Gasteiger partial charge in [0.15, 0.2) is 0 Å². The summed E-state index contributed by atoms with van der Waals surface area (Å²) in [7, 11) is 2.77. The molecule has 0 N–H and O–H groups in total. The molecule has 1 aromatic heterocycles. The van der Waals surface area contributed by atoms with Gasteiger partial charge in [0.25, 0.3) is 9.05 Å². The zero-order chi connectivity index (χ0) is 15.8. The van der Waals surface area contributed by atoms with Gasteiger partial charge in [0, 0.05) is 23.8 Å². The molecule has 21 heavy (non-hydrogen) atoms. The summed E-state index contributed by atoms with van der Waals surface area (Å²) in [4.78, 5) is -0.597. The van der Waals surface area contributed by atoms with Crippen LogP contribution < -0.4 is 4.74 Å². The molecule has 0 amide bonds. The average Bonchev–Trinajstić information content (AvgIpc) is 2.67. The van der Waals surface area contributed by atoms with E-state index in [2.05, 4.69) is 21.0 Å². The zero-order valence-electron chi connectivity index (χ0n) is 11.1. The highest BCUT2D eigenvalue weighted by molar-refractivity contribution is 9.10. The Labute approximate surface area is 134 Å². The van der Waals surface area contributed by atoms with Crippen LogP contribution in [0.4, 0.5) is 4.39 Å². The Morgan fingerprint density at radius 1 is 1.43 bits per heavy atom. The zero-order valence-corrected chi connectivity index (χ0v) is 14.3. The van der Waals surface area contributed by atoms with Crippen LogP contribution in [-0.2, 0) is 22.7 Å². The first-order valence-corrected chi connectivity index (χ1v) is 8.84. The van der Waals surface area contributed by atoms with Crippen molar-refractivity contribution in [3.05, 3.63) is 39.9 Å². The second kappa shape index (κ2) is 5.94. The Hall–Kier alpha value is -1.12. The van der Waals surface area contributed by atoms with Gasteiger partial charge in [0.1, 0.15) is 23.1 Å². The van der Waals surface area contributed by atoms with Gasteiger partial charge < -0.3 is 4.74 Å². The Kier molecular flexibility index (Phi) is 4.60. The van der Waals surface area contributed by atoms with Crippen LogP contribution in [0.3, 0.4) is 0 Å². The van der Waals surface area contributed by atoms with Crippen LogP contribution in [0.2, 0.25) is 0 Å². The van der Waals surface area contributed by atoms with Gasteiger partial charge in [-0.2, -0.15) is 5.10 Å². The molecule has 0 spiro atoms. The number of nitrogens with zero attached hydrogens (tertiary/aromatic N) is 2. The van der Waals surface area contributed by atoms with E-state index in [0.29, 0.717) is 4.47 Å². The smallest absolute Gasteiger partial charge is 0.264 e. The van der Waals surface area contributed by atoms with E-state index in [-0.39, 0.29) is 12.4 Å². The summed E-state index contributed by atoms with van der Waals surface area (Å²) < 4.78 is 43.6. The number of aromatic nitrogens is 2. The quantitative estimate of drug-likeness (QED) is 0.744. The first kappa shape index (κ1) is 16.3. The average molecular weight is 398 g/mol. The normalized spacial score (nSPS) is 11.7. The lowest BCUT2D eigenvalue weighted by molar-refractivity contribution is 0.291. The minimum atomic E-state index is -4.15. The Bertz CT molecular complexity index is 792. The van der Waals surface area contributed by atoms with Gasteiger partial charge in [-0.15, -0.1) is 0 Å². The van der Waals surface area contributed by atoms with Crippen molar-refractivity contribution in [1.29, 1.82) is 0 Å². The van der Waals surface area contributed by atoms with Crippen molar-refractivity contribution in [2.24, 2.45) is 7.05 Å². The molecule has 0 bridgehead atoms. The topological polar surface area (TPSA) is 61.2 Å². The molecule has 5 nitrogen and oxygen atoms in total. The molecule has 0 radical (unpaired) electrons. The van der Waals surface area contributed by atoms with Crippen molar-refractivity contribution < 1.29 is 17.5 Å². The second-order valence-electron chi connectivity index (χ2n) is 4.34. The molecule has 0 aliphatic rings. The molecule has 1 aromatic carbocycles. The minimum absolute atomic E-state index is 0.169. The number of benzene rings is 1. The van der Waals surface area contributed by atoms with E-state index in [1.165, 1.54) is 0 Å². The van der Waals surface area contributed by atoms with Crippen molar-refractivity contribution in [2.45, 2.75) is 18.4 Å². The fourth-order valence-corrected chi connectivity index (χ4v) is 3.27. The van der Waals surface area contributed by atoms with Crippen LogP contribution in [0.25, 0.3) is 0 Å². The lowest BCUT2D eigenvalue weighted by Crippen LogP contribution is -2.04. The van der Waals surface area contributed by atoms with Crippen LogP contribution >= 0.6 is 26.6 Å². The van der Waals surface area contributed by atoms with Crippen LogP contribution in [0.1, 0.15) is 11.4 Å². The minimum Gasteiger partial charge on any atom is -0.486 e. The third kappa shape index (κ3) is 3.75. The Balaban J connectivity index is 2.26. The first-order valence-electron chi connectivity index (χ1n) is 5.74. The number of hydrogen-bond donors (Lipinski definition) is 0. The number of ether oxygens (including phenoxy) is 1. The lowest BCUT2D eigenvalue weighted by Gasteiger charge is -2.10. The van der Waals surface area contributed by atoms with Crippen LogP contribution in [0.5, 0.6) is 5.75 Å². The van der Waals surface area contributed by atoms with E-state index >= 15 is 0 Å². The lowest BCUT2D eigenvalue weighted by atomic mass is 10.3. The van der Waals surface area contributed by atoms with E-state index in [1.807, 2.05) is 13.0 Å². The van der Waals surface area contributed by atoms with E-state index < -0.39 is 19.8 Å². The molecule has 2 aromatic rings. The SMILES string of the molecule is Cc1cc(COc2cc(F)c(S(=O)(=O)Cl)cc2Br)n(C)n1. The van der Waals surface area contributed by atoms with E-state index in [0.717, 1.165) is 23.5 Å². The largest absolute Gasteiger partial charge is 0.486 e. The molecule has 0 atom stereocenters. The van der Waals surface area contributed by atoms with Gasteiger partial charge in [0.05, 0.1) is 15.9 Å². The van der Waals surface area contributed by atoms with Crippen molar-refractivity contribution in [2.75, 3.05) is 0 Å². The monoisotopic (exact) mass is 396 g/mol. The maximum Gasteiger partial charge on any atom is 0.264 e. The molecule has 0 aliphatic carbocycles. The molecule has 0 unspecified atom stereocenters. The third-order valence-electron chi connectivity index (χ3n) is 2.72. The highest BCUT2D eigenvalue weighted by Gasteiger charge is 2.19. The predicted molar refractivity (Wildman–Crippen MR) is 79.4 cm³/mol. The van der Waals surface area contributed by atoms with Gasteiger partial charge in [0.2, 0.25) is 0 Å². The molecule has 2 rings (SSSR count). The highest BCUT2D eigenvalue weighted by atomic mass is 79.9. The fourth-order valence-electron chi connectivity index (χ4n) is 1.76. The number of aryl methyl sites for hydroxylation is 2. The molecule has 0 aliphatic heterocycles. The molecule has 1 heterocycles. The van der Waals surface area contributed by atoms with Crippen molar-refractivity contribution >= 4 is 35.7 Å². The molecule has 9 heteroatoms. The van der Waals surface area contributed by atoms with E-state index in [4.69, 9.17) is 15.4 Å². The van der Waals surface area contributed by atoms with Crippen molar-refractivity contribution in [1.82, 2.24) is 9.78 Å². The highest BCUT2D eigenvalue weighted by Crippen LogP contribution is 2.32. The summed E-state index contributed by atoms with van der Waals surface area (Å²) in [5, 5.41) is 4.16. The maximum absolute atomic E-state index is 13.8. The number of hydrogen-bond acceptors (Lipinski definition) is 4. The summed E-state index contributed by atoms with van der Waals surface area (Å²) in [5.41, 5.74) is 1.64. The van der Waals surface area contributed by atoms with Crippen LogP contribution in [-0.4, -0.2) is 18.2 Å². The van der Waals surface area contributed by atoms with Crippen molar-refractivity contribution in [3.8, 4) is 5.75 Å². The molecular formula is C12H11BrClFN2O3S. The van der Waals surface area contributed by atoms with E-state index in [1.54, 1.807) is 11.7 Å². The molecule has 0 saturated carbocycles. The van der Waals surface area contributed by atoms with Crippen LogP contribution in [0, 0.1) is 12.7 Å². The summed E-state index contributed by atoms with van der Waals surface area (Å²) in [5.74, 6) is -0.792. The molecular weight excluding hydrogens is 387 g/mol. The van der Waals surface area contributed by atoms with Gasteiger partial charge in [-0.1, -0.05) is 0 Å². The van der Waals surface area contributed by atoms with E-state index in [9.17, 15) is 12.8 Å². The van der Waals surface area contributed by atoms with Gasteiger partial charge in [-0.05, 0) is 35.0 Å². The van der Waals surface area contributed by atoms with Crippen LogP contribution in [0.15, 0.2) is 27.6 Å². The number of rotatable bonds is 4. The molecule has 114 valence electrons. The maximum atomic E-state index is 13.8. The Morgan fingerprint density at radius 2 is 2.10 bits per heavy atom. The first-order chi connectivity index (χ1) is 9.68. The Morgan fingerprint density at radius 3 is 2.62 bits per heavy atom. The summed E-state index contributed by atoms with van der Waals surface area (Å²) in [6.07, 6.45) is 0. The summed E-state index contributed by atoms with van der Waals surface area (Å²) >= 11 is 3.13. The predicted octanol–water partition coefficient (Wildman–Crippen LogP) is 3.14. The molecule has 0 saturated heterocycles. The third-order valence-corrected chi connectivity index (χ3v) is 4.68. The number of halogens is 3. The van der Waals surface area contributed by atoms with Crippen molar-refractivity contribution in [3.63, 3.8) is 0 Å². The summed E-state index contributed by atoms with van der Waals surface area (Å²) in [6, 6.07) is 3.88.